The molecule has 0 aliphatic rings. The molecule has 1 atom stereocenters. The molecule has 0 aliphatic heterocycles. The van der Waals surface area contributed by atoms with Crippen molar-refractivity contribution in [2.45, 2.75) is 12.8 Å². The number of amides is 1. The fraction of sp³-hybridized carbons (Fsp3) is 0.235. The summed E-state index contributed by atoms with van der Waals surface area (Å²) in [6.07, 6.45) is 0. The largest absolute Gasteiger partial charge is 0.497 e. The van der Waals surface area contributed by atoms with Crippen LogP contribution in [0.3, 0.4) is 0 Å². The zero-order valence-electron chi connectivity index (χ0n) is 11.8. The molecule has 1 amide bonds. The summed E-state index contributed by atoms with van der Waals surface area (Å²) in [5.74, 6) is 0.895. The first kappa shape index (κ1) is 14.1. The van der Waals surface area contributed by atoms with Crippen LogP contribution in [0.5, 0.6) is 5.75 Å². The number of rotatable bonds is 5. The van der Waals surface area contributed by atoms with Gasteiger partial charge in [-0.05, 0) is 29.7 Å². The Morgan fingerprint density at radius 2 is 1.90 bits per heavy atom. The van der Waals surface area contributed by atoms with Gasteiger partial charge < -0.3 is 10.1 Å². The van der Waals surface area contributed by atoms with Crippen LogP contribution in [-0.4, -0.2) is 19.6 Å². The summed E-state index contributed by atoms with van der Waals surface area (Å²) in [5, 5.41) is 2.95. The maximum absolute atomic E-state index is 12.1. The van der Waals surface area contributed by atoms with E-state index in [9.17, 15) is 4.79 Å². The number of hydrogen-bond acceptors (Lipinski definition) is 2. The summed E-state index contributed by atoms with van der Waals surface area (Å²) in [7, 11) is 1.59. The van der Waals surface area contributed by atoms with Crippen LogP contribution < -0.4 is 10.1 Å². The van der Waals surface area contributed by atoms with Gasteiger partial charge in [0.15, 0.2) is 0 Å². The highest BCUT2D eigenvalue weighted by Gasteiger charge is 2.09. The van der Waals surface area contributed by atoms with Crippen molar-refractivity contribution in [2.24, 2.45) is 0 Å². The van der Waals surface area contributed by atoms with Gasteiger partial charge in [0.2, 0.25) is 0 Å². The number of methoxy groups -OCH3 is 1. The average Bonchev–Trinajstić information content (AvgIpc) is 2.53. The first-order valence-electron chi connectivity index (χ1n) is 6.68. The van der Waals surface area contributed by atoms with E-state index >= 15 is 0 Å². The van der Waals surface area contributed by atoms with Gasteiger partial charge in [-0.1, -0.05) is 43.3 Å². The fourth-order valence-electron chi connectivity index (χ4n) is 2.01. The quantitative estimate of drug-likeness (QED) is 0.905. The first-order chi connectivity index (χ1) is 9.70. The third-order valence-electron chi connectivity index (χ3n) is 3.27. The summed E-state index contributed by atoms with van der Waals surface area (Å²) < 4.78 is 5.12. The van der Waals surface area contributed by atoms with Crippen molar-refractivity contribution >= 4 is 5.91 Å². The Kier molecular flexibility index (Phi) is 4.77. The first-order valence-corrected chi connectivity index (χ1v) is 6.68. The molecule has 0 aliphatic carbocycles. The molecule has 0 spiro atoms. The van der Waals surface area contributed by atoms with Crippen LogP contribution in [-0.2, 0) is 0 Å². The van der Waals surface area contributed by atoms with Gasteiger partial charge in [-0.2, -0.15) is 0 Å². The van der Waals surface area contributed by atoms with Gasteiger partial charge in [0.05, 0.1) is 7.11 Å². The minimum atomic E-state index is -0.0771. The van der Waals surface area contributed by atoms with Gasteiger partial charge in [0.1, 0.15) is 5.75 Å². The third kappa shape index (κ3) is 3.60. The summed E-state index contributed by atoms with van der Waals surface area (Å²) >= 11 is 0. The molecule has 0 aromatic heterocycles. The zero-order valence-corrected chi connectivity index (χ0v) is 11.8. The molecule has 104 valence electrons. The molecule has 2 rings (SSSR count). The van der Waals surface area contributed by atoms with E-state index in [1.807, 2.05) is 30.3 Å². The third-order valence-corrected chi connectivity index (χ3v) is 3.27. The van der Waals surface area contributed by atoms with E-state index in [0.29, 0.717) is 17.9 Å². The second-order valence-corrected chi connectivity index (χ2v) is 4.75. The van der Waals surface area contributed by atoms with Crippen LogP contribution in [0.4, 0.5) is 0 Å². The molecule has 1 N–H and O–H groups in total. The minimum Gasteiger partial charge on any atom is -0.497 e. The molecular formula is C17H19NO2. The molecule has 0 fully saturated rings. The Balaban J connectivity index is 1.95. The predicted octanol–water partition coefficient (Wildman–Crippen LogP) is 3.23. The maximum atomic E-state index is 12.1. The normalized spacial score (nSPS) is 11.7. The smallest absolute Gasteiger partial charge is 0.251 e. The van der Waals surface area contributed by atoms with Crippen LogP contribution in [0.25, 0.3) is 0 Å². The summed E-state index contributed by atoms with van der Waals surface area (Å²) in [4.78, 5) is 12.1. The molecular weight excluding hydrogens is 250 g/mol. The molecule has 0 heterocycles. The van der Waals surface area contributed by atoms with Crippen LogP contribution in [0.2, 0.25) is 0 Å². The number of carbonyl (C=O) groups excluding carboxylic acids is 1. The molecule has 0 unspecified atom stereocenters. The highest BCUT2D eigenvalue weighted by molar-refractivity contribution is 5.94. The Morgan fingerprint density at radius 1 is 1.15 bits per heavy atom. The predicted molar refractivity (Wildman–Crippen MR) is 80.2 cm³/mol. The number of carbonyl (C=O) groups is 1. The Labute approximate surface area is 119 Å². The summed E-state index contributed by atoms with van der Waals surface area (Å²) in [6, 6.07) is 17.3. The number of benzene rings is 2. The van der Waals surface area contributed by atoms with Crippen LogP contribution in [0.1, 0.15) is 28.8 Å². The van der Waals surface area contributed by atoms with Crippen molar-refractivity contribution < 1.29 is 9.53 Å². The van der Waals surface area contributed by atoms with Crippen molar-refractivity contribution in [3.05, 3.63) is 65.7 Å². The highest BCUT2D eigenvalue weighted by atomic mass is 16.5. The van der Waals surface area contributed by atoms with E-state index in [-0.39, 0.29) is 11.8 Å². The van der Waals surface area contributed by atoms with E-state index in [1.54, 1.807) is 19.2 Å². The lowest BCUT2D eigenvalue weighted by atomic mass is 10.0. The summed E-state index contributed by atoms with van der Waals surface area (Å²) in [6.45, 7) is 2.71. The van der Waals surface area contributed by atoms with Crippen LogP contribution in [0.15, 0.2) is 54.6 Å². The maximum Gasteiger partial charge on any atom is 0.251 e. The molecule has 0 radical (unpaired) electrons. The topological polar surface area (TPSA) is 38.3 Å². The number of nitrogens with one attached hydrogen (secondary N) is 1. The van der Waals surface area contributed by atoms with Crippen molar-refractivity contribution in [3.8, 4) is 5.75 Å². The van der Waals surface area contributed by atoms with Crippen molar-refractivity contribution in [2.75, 3.05) is 13.7 Å². The second-order valence-electron chi connectivity index (χ2n) is 4.75. The lowest BCUT2D eigenvalue weighted by Crippen LogP contribution is -2.27. The van der Waals surface area contributed by atoms with Gasteiger partial charge in [-0.15, -0.1) is 0 Å². The number of ether oxygens (including phenoxy) is 1. The summed E-state index contributed by atoms with van der Waals surface area (Å²) in [5.41, 5.74) is 1.84. The zero-order chi connectivity index (χ0) is 14.4. The van der Waals surface area contributed by atoms with Gasteiger partial charge in [-0.25, -0.2) is 0 Å². The van der Waals surface area contributed by atoms with Gasteiger partial charge >= 0.3 is 0 Å². The molecule has 0 bridgehead atoms. The van der Waals surface area contributed by atoms with E-state index in [4.69, 9.17) is 4.74 Å². The minimum absolute atomic E-state index is 0.0771. The van der Waals surface area contributed by atoms with Gasteiger partial charge in [-0.3, -0.25) is 4.79 Å². The molecule has 0 saturated carbocycles. The van der Waals surface area contributed by atoms with Crippen LogP contribution >= 0.6 is 0 Å². The Morgan fingerprint density at radius 3 is 2.60 bits per heavy atom. The van der Waals surface area contributed by atoms with E-state index < -0.39 is 0 Å². The molecule has 0 saturated heterocycles. The molecule has 2 aromatic carbocycles. The van der Waals surface area contributed by atoms with Crippen LogP contribution in [0, 0.1) is 0 Å². The average molecular weight is 269 g/mol. The molecule has 2 aromatic rings. The van der Waals surface area contributed by atoms with Gasteiger partial charge in [0.25, 0.3) is 5.91 Å². The molecule has 3 heteroatoms. The van der Waals surface area contributed by atoms with Crippen molar-refractivity contribution in [3.63, 3.8) is 0 Å². The fourth-order valence-corrected chi connectivity index (χ4v) is 2.01. The SMILES string of the molecule is COc1cccc(C(=O)NC[C@H](C)c2ccccc2)c1. The van der Waals surface area contributed by atoms with E-state index in [0.717, 1.165) is 0 Å². The Hall–Kier alpha value is -2.29. The van der Waals surface area contributed by atoms with Crippen molar-refractivity contribution in [1.82, 2.24) is 5.32 Å². The standard InChI is InChI=1S/C17H19NO2/c1-13(14-7-4-3-5-8-14)12-18-17(19)15-9-6-10-16(11-15)20-2/h3-11,13H,12H2,1-2H3,(H,18,19)/t13-/m0/s1. The highest BCUT2D eigenvalue weighted by Crippen LogP contribution is 2.15. The Bertz CT molecular complexity index is 566. The second kappa shape index (κ2) is 6.75. The lowest BCUT2D eigenvalue weighted by Gasteiger charge is -2.13. The van der Waals surface area contributed by atoms with Gasteiger partial charge in [0, 0.05) is 12.1 Å². The monoisotopic (exact) mass is 269 g/mol. The molecule has 3 nitrogen and oxygen atoms in total. The van der Waals surface area contributed by atoms with Crippen molar-refractivity contribution in [1.29, 1.82) is 0 Å². The van der Waals surface area contributed by atoms with E-state index in [2.05, 4.69) is 24.4 Å². The number of hydrogen-bond donors (Lipinski definition) is 1. The van der Waals surface area contributed by atoms with E-state index in [1.165, 1.54) is 5.56 Å². The molecule has 20 heavy (non-hydrogen) atoms. The lowest BCUT2D eigenvalue weighted by molar-refractivity contribution is 0.0951.